The summed E-state index contributed by atoms with van der Waals surface area (Å²) in [5.41, 5.74) is 5.22. The Morgan fingerprint density at radius 1 is 0.382 bits per heavy atom. The Balaban J connectivity index is 1.52. The average molecular weight is 443 g/mol. The number of rotatable bonds is 4. The van der Waals surface area contributed by atoms with Gasteiger partial charge >= 0.3 is 0 Å². The van der Waals surface area contributed by atoms with Crippen LogP contribution < -0.4 is 0 Å². The first-order chi connectivity index (χ1) is 16.8. The molecule has 4 atom stereocenters. The number of hydrogen-bond acceptors (Lipinski definition) is 1. The SMILES string of the molecule is O=C1C2C(c3ccccc3)CC(c3ccccc3)C1C(c1ccccc1)CC2c1ccccc1. The topological polar surface area (TPSA) is 17.1 Å². The summed E-state index contributed by atoms with van der Waals surface area (Å²) in [4.78, 5) is 14.5. The maximum atomic E-state index is 14.5. The molecule has 0 spiro atoms. The van der Waals surface area contributed by atoms with Crippen LogP contribution >= 0.6 is 0 Å². The fourth-order valence-corrected chi connectivity index (χ4v) is 6.88. The molecule has 4 aromatic carbocycles. The van der Waals surface area contributed by atoms with Crippen molar-refractivity contribution >= 4 is 5.78 Å². The van der Waals surface area contributed by atoms with Crippen LogP contribution in [0, 0.1) is 11.8 Å². The summed E-state index contributed by atoms with van der Waals surface area (Å²) in [5.74, 6) is 1.44. The van der Waals surface area contributed by atoms with Crippen LogP contribution in [-0.2, 0) is 4.79 Å². The molecule has 0 heterocycles. The van der Waals surface area contributed by atoms with Gasteiger partial charge in [0.25, 0.3) is 0 Å². The van der Waals surface area contributed by atoms with Gasteiger partial charge in [0, 0.05) is 11.8 Å². The Kier molecular flexibility index (Phi) is 5.63. The third kappa shape index (κ3) is 3.70. The quantitative estimate of drug-likeness (QED) is 0.316. The van der Waals surface area contributed by atoms with Crippen LogP contribution in [-0.4, -0.2) is 5.78 Å². The molecule has 2 aliphatic carbocycles. The van der Waals surface area contributed by atoms with Crippen molar-refractivity contribution in [3.05, 3.63) is 144 Å². The van der Waals surface area contributed by atoms with Gasteiger partial charge < -0.3 is 0 Å². The predicted molar refractivity (Wildman–Crippen MR) is 138 cm³/mol. The van der Waals surface area contributed by atoms with E-state index in [0.717, 1.165) is 12.8 Å². The molecule has 6 rings (SSSR count). The smallest absolute Gasteiger partial charge is 0.141 e. The zero-order valence-electron chi connectivity index (χ0n) is 19.3. The molecule has 4 aromatic rings. The first-order valence-corrected chi connectivity index (χ1v) is 12.5. The highest BCUT2D eigenvalue weighted by Gasteiger charge is 2.54. The maximum absolute atomic E-state index is 14.5. The van der Waals surface area contributed by atoms with Crippen LogP contribution in [0.15, 0.2) is 121 Å². The fraction of sp³-hybridized carbons (Fsp3) is 0.242. The monoisotopic (exact) mass is 442 g/mol. The molecule has 0 amide bonds. The first-order valence-electron chi connectivity index (χ1n) is 12.5. The third-order valence-electron chi connectivity index (χ3n) is 8.32. The molecule has 2 saturated carbocycles. The van der Waals surface area contributed by atoms with Crippen molar-refractivity contribution in [2.24, 2.45) is 11.8 Å². The number of hydrogen-bond donors (Lipinski definition) is 0. The zero-order chi connectivity index (χ0) is 22.9. The van der Waals surface area contributed by atoms with Crippen molar-refractivity contribution in [2.75, 3.05) is 0 Å². The van der Waals surface area contributed by atoms with Gasteiger partial charge in [-0.15, -0.1) is 0 Å². The number of benzene rings is 4. The van der Waals surface area contributed by atoms with Crippen LogP contribution in [0.1, 0.15) is 58.8 Å². The molecular formula is C33H30O. The van der Waals surface area contributed by atoms with Crippen LogP contribution in [0.4, 0.5) is 0 Å². The van der Waals surface area contributed by atoms with Gasteiger partial charge in [0.05, 0.1) is 0 Å². The lowest BCUT2D eigenvalue weighted by Crippen LogP contribution is -2.48. The highest BCUT2D eigenvalue weighted by Crippen LogP contribution is 2.60. The van der Waals surface area contributed by atoms with Crippen molar-refractivity contribution in [1.82, 2.24) is 0 Å². The van der Waals surface area contributed by atoms with E-state index >= 15 is 0 Å². The van der Waals surface area contributed by atoms with Gasteiger partial charge in [-0.2, -0.15) is 0 Å². The van der Waals surface area contributed by atoms with Crippen LogP contribution in [0.25, 0.3) is 0 Å². The van der Waals surface area contributed by atoms with Crippen molar-refractivity contribution < 1.29 is 4.79 Å². The summed E-state index contributed by atoms with van der Waals surface area (Å²) < 4.78 is 0. The minimum atomic E-state index is 0.0229. The second-order valence-corrected chi connectivity index (χ2v) is 9.99. The minimum absolute atomic E-state index is 0.0229. The average Bonchev–Trinajstić information content (AvgIpc) is 2.91. The Morgan fingerprint density at radius 3 is 0.853 bits per heavy atom. The van der Waals surface area contributed by atoms with Gasteiger partial charge in [-0.1, -0.05) is 121 Å². The molecule has 34 heavy (non-hydrogen) atoms. The number of carbonyl (C=O) groups is 1. The van der Waals surface area contributed by atoms with Crippen molar-refractivity contribution in [3.63, 3.8) is 0 Å². The molecule has 168 valence electrons. The van der Waals surface area contributed by atoms with Crippen molar-refractivity contribution in [3.8, 4) is 0 Å². The second-order valence-electron chi connectivity index (χ2n) is 9.99. The van der Waals surface area contributed by atoms with E-state index in [4.69, 9.17) is 0 Å². The van der Waals surface area contributed by atoms with Gasteiger partial charge in [-0.05, 0) is 58.8 Å². The normalized spacial score (nSPS) is 28.4. The lowest BCUT2D eigenvalue weighted by atomic mass is 9.50. The van der Waals surface area contributed by atoms with Gasteiger partial charge in [-0.3, -0.25) is 4.79 Å². The van der Waals surface area contributed by atoms with Gasteiger partial charge in [-0.25, -0.2) is 0 Å². The molecule has 1 heteroatoms. The van der Waals surface area contributed by atoms with E-state index in [2.05, 4.69) is 121 Å². The van der Waals surface area contributed by atoms with Crippen LogP contribution in [0.2, 0.25) is 0 Å². The summed E-state index contributed by atoms with van der Waals surface area (Å²) in [6.07, 6.45) is 2.03. The lowest BCUT2D eigenvalue weighted by molar-refractivity contribution is -0.136. The van der Waals surface area contributed by atoms with Crippen molar-refractivity contribution in [1.29, 1.82) is 0 Å². The summed E-state index contributed by atoms with van der Waals surface area (Å²) in [6, 6.07) is 43.1. The zero-order valence-corrected chi connectivity index (χ0v) is 19.3. The fourth-order valence-electron chi connectivity index (χ4n) is 6.88. The predicted octanol–water partition coefficient (Wildman–Crippen LogP) is 7.73. The largest absolute Gasteiger partial charge is 0.299 e. The Bertz CT molecular complexity index is 1040. The highest BCUT2D eigenvalue weighted by atomic mass is 16.1. The van der Waals surface area contributed by atoms with E-state index in [1.807, 2.05) is 0 Å². The first kappa shape index (κ1) is 21.1. The second kappa shape index (κ2) is 9.06. The van der Waals surface area contributed by atoms with Crippen molar-refractivity contribution in [2.45, 2.75) is 36.5 Å². The number of ketones is 1. The summed E-state index contributed by atoms with van der Waals surface area (Å²) in [5, 5.41) is 0. The standard InChI is InChI=1S/C33H30O/c34-33-31-27(23-13-5-1-6-14-23)21-28(24-15-7-2-8-16-24)32(33)30(26-19-11-4-12-20-26)22-29(31)25-17-9-3-10-18-25/h1-20,27-32H,21-22H2. The molecule has 2 aliphatic rings. The molecule has 0 N–H and O–H groups in total. The molecule has 0 radical (unpaired) electrons. The molecule has 0 aliphatic heterocycles. The molecule has 2 bridgehead atoms. The highest BCUT2D eigenvalue weighted by molar-refractivity contribution is 5.89. The van der Waals surface area contributed by atoms with E-state index in [-0.39, 0.29) is 35.5 Å². The lowest BCUT2D eigenvalue weighted by Gasteiger charge is -2.51. The summed E-state index contributed by atoms with van der Waals surface area (Å²) in [6.45, 7) is 0. The number of carbonyl (C=O) groups excluding carboxylic acids is 1. The van der Waals surface area contributed by atoms with E-state index < -0.39 is 0 Å². The molecule has 4 unspecified atom stereocenters. The minimum Gasteiger partial charge on any atom is -0.299 e. The van der Waals surface area contributed by atoms with E-state index in [0.29, 0.717) is 5.78 Å². The van der Waals surface area contributed by atoms with E-state index in [1.165, 1.54) is 22.3 Å². The third-order valence-corrected chi connectivity index (χ3v) is 8.32. The Labute approximate surface area is 202 Å². The number of fused-ring (bicyclic) bond motifs is 2. The maximum Gasteiger partial charge on any atom is 0.141 e. The molecule has 0 aromatic heterocycles. The van der Waals surface area contributed by atoms with Gasteiger partial charge in [0.1, 0.15) is 5.78 Å². The Hall–Kier alpha value is -3.45. The van der Waals surface area contributed by atoms with E-state index in [1.54, 1.807) is 0 Å². The van der Waals surface area contributed by atoms with Crippen LogP contribution in [0.5, 0.6) is 0 Å². The Morgan fingerprint density at radius 2 is 0.618 bits per heavy atom. The van der Waals surface area contributed by atoms with Crippen LogP contribution in [0.3, 0.4) is 0 Å². The molecule has 2 fully saturated rings. The summed E-state index contributed by atoms with van der Waals surface area (Å²) >= 11 is 0. The van der Waals surface area contributed by atoms with E-state index in [9.17, 15) is 4.79 Å². The number of Topliss-reactive ketones (excluding diaryl/α,β-unsaturated/α-hetero) is 1. The summed E-state index contributed by atoms with van der Waals surface area (Å²) in [7, 11) is 0. The van der Waals surface area contributed by atoms with Gasteiger partial charge in [0.15, 0.2) is 0 Å². The van der Waals surface area contributed by atoms with Gasteiger partial charge in [0.2, 0.25) is 0 Å². The molecule has 1 nitrogen and oxygen atoms in total. The molecular weight excluding hydrogens is 412 g/mol. The molecule has 0 saturated heterocycles.